The van der Waals surface area contributed by atoms with Crippen molar-refractivity contribution < 1.29 is 9.85 Å². The van der Waals surface area contributed by atoms with Crippen LogP contribution in [0.1, 0.15) is 6.92 Å². The van der Waals surface area contributed by atoms with Crippen LogP contribution in [0.25, 0.3) is 0 Å². The van der Waals surface area contributed by atoms with Crippen molar-refractivity contribution in [2.24, 2.45) is 20.5 Å². The maximum absolute atomic E-state index is 11.1. The van der Waals surface area contributed by atoms with Gasteiger partial charge in [-0.15, -0.1) is 10.2 Å². The van der Waals surface area contributed by atoms with Crippen LogP contribution < -0.4 is 0 Å². The standard InChI is InChI=1S/C19H16N8O4/c1-11-10-14(24-22-12-6-2-4-8-15(12)26(28)29)18(21)19(17(11)20)25-23-13-7-3-5-9-16(13)27(30)31/h2-10,14,19-21H,1H3. The highest BCUT2D eigenvalue weighted by atomic mass is 16.6. The Morgan fingerprint density at radius 2 is 1.32 bits per heavy atom. The summed E-state index contributed by atoms with van der Waals surface area (Å²) in [6, 6.07) is 9.52. The van der Waals surface area contributed by atoms with Crippen molar-refractivity contribution in [2.75, 3.05) is 0 Å². The van der Waals surface area contributed by atoms with Crippen LogP contribution in [0.3, 0.4) is 0 Å². The number of nitro benzene ring substituents is 2. The SMILES string of the molecule is CC1=CC(N=Nc2ccccc2[N+](=O)[O-])C(=N)C(N=Nc2ccccc2[N+](=O)[O-])C1=N. The van der Waals surface area contributed by atoms with Gasteiger partial charge >= 0.3 is 0 Å². The van der Waals surface area contributed by atoms with E-state index < -0.39 is 21.9 Å². The molecule has 0 aliphatic heterocycles. The Morgan fingerprint density at radius 3 is 1.84 bits per heavy atom. The summed E-state index contributed by atoms with van der Waals surface area (Å²) in [4.78, 5) is 21.1. The van der Waals surface area contributed by atoms with Crippen molar-refractivity contribution in [3.8, 4) is 0 Å². The normalized spacial score (nSPS) is 19.1. The molecule has 0 saturated heterocycles. The van der Waals surface area contributed by atoms with Gasteiger partial charge in [-0.3, -0.25) is 20.2 Å². The Kier molecular flexibility index (Phi) is 6.10. The zero-order valence-electron chi connectivity index (χ0n) is 16.2. The second-order valence-electron chi connectivity index (χ2n) is 6.49. The molecule has 0 radical (unpaired) electrons. The highest BCUT2D eigenvalue weighted by Crippen LogP contribution is 2.30. The van der Waals surface area contributed by atoms with E-state index in [0.717, 1.165) is 0 Å². The molecule has 0 saturated carbocycles. The number of nitrogens with zero attached hydrogens (tertiary/aromatic N) is 6. The first-order valence-corrected chi connectivity index (χ1v) is 8.93. The van der Waals surface area contributed by atoms with Gasteiger partial charge in [0.2, 0.25) is 0 Å². The maximum Gasteiger partial charge on any atom is 0.296 e. The van der Waals surface area contributed by atoms with Crippen LogP contribution in [0, 0.1) is 31.0 Å². The van der Waals surface area contributed by atoms with Crippen molar-refractivity contribution in [3.05, 3.63) is 80.4 Å². The summed E-state index contributed by atoms with van der Waals surface area (Å²) >= 11 is 0. The lowest BCUT2D eigenvalue weighted by atomic mass is 9.89. The lowest BCUT2D eigenvalue weighted by Crippen LogP contribution is -2.38. The molecule has 12 nitrogen and oxygen atoms in total. The highest BCUT2D eigenvalue weighted by molar-refractivity contribution is 6.20. The Morgan fingerprint density at radius 1 is 0.839 bits per heavy atom. The van der Waals surface area contributed by atoms with Crippen molar-refractivity contribution in [3.63, 3.8) is 0 Å². The number of nitrogens with one attached hydrogen (secondary N) is 2. The fraction of sp³-hybridized carbons (Fsp3) is 0.158. The predicted octanol–water partition coefficient (Wildman–Crippen LogP) is 5.11. The molecule has 0 heterocycles. The van der Waals surface area contributed by atoms with E-state index in [4.69, 9.17) is 10.8 Å². The average Bonchev–Trinajstić information content (AvgIpc) is 2.75. The fourth-order valence-electron chi connectivity index (χ4n) is 2.82. The molecule has 2 N–H and O–H groups in total. The van der Waals surface area contributed by atoms with E-state index in [1.165, 1.54) is 42.5 Å². The first-order chi connectivity index (χ1) is 14.8. The van der Waals surface area contributed by atoms with Crippen LogP contribution >= 0.6 is 0 Å². The smallest absolute Gasteiger partial charge is 0.296 e. The van der Waals surface area contributed by atoms with E-state index in [2.05, 4.69) is 20.5 Å². The van der Waals surface area contributed by atoms with Gasteiger partial charge in [0.1, 0.15) is 6.04 Å². The average molecular weight is 420 g/mol. The van der Waals surface area contributed by atoms with E-state index in [-0.39, 0.29) is 34.2 Å². The third kappa shape index (κ3) is 4.58. The van der Waals surface area contributed by atoms with Gasteiger partial charge in [0.25, 0.3) is 11.4 Å². The Bertz CT molecular complexity index is 1170. The minimum absolute atomic E-state index is 0.00149. The number of rotatable bonds is 6. The molecule has 0 spiro atoms. The monoisotopic (exact) mass is 420 g/mol. The summed E-state index contributed by atoms with van der Waals surface area (Å²) in [6.45, 7) is 1.63. The molecule has 156 valence electrons. The maximum atomic E-state index is 11.1. The van der Waals surface area contributed by atoms with Crippen LogP contribution in [0.15, 0.2) is 80.6 Å². The quantitative estimate of drug-likeness (QED) is 0.374. The number of benzene rings is 2. The minimum Gasteiger partial charge on any atom is -0.304 e. The van der Waals surface area contributed by atoms with Crippen LogP contribution in [-0.2, 0) is 0 Å². The molecule has 0 aromatic heterocycles. The minimum atomic E-state index is -1.11. The summed E-state index contributed by atoms with van der Waals surface area (Å²) in [7, 11) is 0. The molecule has 2 aromatic rings. The molecule has 2 atom stereocenters. The van der Waals surface area contributed by atoms with Gasteiger partial charge in [0.05, 0.1) is 21.3 Å². The topological polar surface area (TPSA) is 183 Å². The van der Waals surface area contributed by atoms with Gasteiger partial charge in [-0.2, -0.15) is 10.2 Å². The predicted molar refractivity (Wildman–Crippen MR) is 112 cm³/mol. The zero-order chi connectivity index (χ0) is 22.5. The van der Waals surface area contributed by atoms with Gasteiger partial charge in [0, 0.05) is 12.1 Å². The molecule has 3 rings (SSSR count). The molecular weight excluding hydrogens is 404 g/mol. The van der Waals surface area contributed by atoms with Crippen LogP contribution in [0.4, 0.5) is 22.7 Å². The van der Waals surface area contributed by atoms with Crippen molar-refractivity contribution in [2.45, 2.75) is 19.0 Å². The number of azo groups is 2. The molecular formula is C19H16N8O4. The van der Waals surface area contributed by atoms with Crippen LogP contribution in [-0.4, -0.2) is 33.4 Å². The number of para-hydroxylation sites is 2. The van der Waals surface area contributed by atoms with E-state index in [0.29, 0.717) is 5.57 Å². The Balaban J connectivity index is 1.90. The van der Waals surface area contributed by atoms with Gasteiger partial charge < -0.3 is 10.8 Å². The summed E-state index contributed by atoms with van der Waals surface area (Å²) in [5, 5.41) is 54.7. The summed E-state index contributed by atoms with van der Waals surface area (Å²) < 4.78 is 0. The molecule has 12 heteroatoms. The lowest BCUT2D eigenvalue weighted by molar-refractivity contribution is -0.384. The van der Waals surface area contributed by atoms with Gasteiger partial charge in [-0.1, -0.05) is 24.3 Å². The van der Waals surface area contributed by atoms with Crippen molar-refractivity contribution >= 4 is 34.2 Å². The molecule has 2 aromatic carbocycles. The number of hydrogen-bond donors (Lipinski definition) is 2. The summed E-state index contributed by atoms with van der Waals surface area (Å²) in [5.41, 5.74) is -0.0862. The highest BCUT2D eigenvalue weighted by Gasteiger charge is 2.32. The number of nitro groups is 2. The molecule has 0 amide bonds. The second kappa shape index (κ2) is 8.90. The van der Waals surface area contributed by atoms with E-state index in [9.17, 15) is 20.2 Å². The zero-order valence-corrected chi connectivity index (χ0v) is 16.2. The third-order valence-electron chi connectivity index (χ3n) is 4.45. The second-order valence-corrected chi connectivity index (χ2v) is 6.49. The molecule has 0 fully saturated rings. The molecule has 1 aliphatic carbocycles. The molecule has 31 heavy (non-hydrogen) atoms. The van der Waals surface area contributed by atoms with Gasteiger partial charge in [-0.25, -0.2) is 0 Å². The molecule has 0 bridgehead atoms. The van der Waals surface area contributed by atoms with E-state index >= 15 is 0 Å². The van der Waals surface area contributed by atoms with Gasteiger partial charge in [-0.05, 0) is 30.7 Å². The fourth-order valence-corrected chi connectivity index (χ4v) is 2.82. The summed E-state index contributed by atoms with van der Waals surface area (Å²) in [5.74, 6) is 0. The first-order valence-electron chi connectivity index (χ1n) is 8.93. The van der Waals surface area contributed by atoms with E-state index in [1.54, 1.807) is 19.1 Å². The van der Waals surface area contributed by atoms with E-state index in [1.807, 2.05) is 0 Å². The van der Waals surface area contributed by atoms with Gasteiger partial charge in [0.15, 0.2) is 17.4 Å². The Labute approximate surface area is 175 Å². The third-order valence-corrected chi connectivity index (χ3v) is 4.45. The molecule has 2 unspecified atom stereocenters. The Hall–Kier alpha value is -4.48. The molecule has 1 aliphatic rings. The van der Waals surface area contributed by atoms with Crippen molar-refractivity contribution in [1.82, 2.24) is 0 Å². The number of hydrogen-bond acceptors (Lipinski definition) is 10. The first kappa shape index (κ1) is 21.2. The lowest BCUT2D eigenvalue weighted by Gasteiger charge is -2.23. The van der Waals surface area contributed by atoms with Crippen molar-refractivity contribution in [1.29, 1.82) is 10.8 Å². The van der Waals surface area contributed by atoms with Crippen LogP contribution in [0.2, 0.25) is 0 Å². The summed E-state index contributed by atoms with van der Waals surface area (Å²) in [6.07, 6.45) is 1.53. The van der Waals surface area contributed by atoms with Crippen LogP contribution in [0.5, 0.6) is 0 Å². The largest absolute Gasteiger partial charge is 0.304 e.